The van der Waals surface area contributed by atoms with Crippen LogP contribution in [0.15, 0.2) is 18.3 Å². The van der Waals surface area contributed by atoms with Gasteiger partial charge in [0.1, 0.15) is 11.3 Å². The van der Waals surface area contributed by atoms with Crippen molar-refractivity contribution in [2.24, 2.45) is 0 Å². The minimum atomic E-state index is -0.474. The van der Waals surface area contributed by atoms with Gasteiger partial charge in [-0.15, -0.1) is 0 Å². The van der Waals surface area contributed by atoms with Crippen LogP contribution in [-0.4, -0.2) is 60.8 Å². The first-order valence-corrected chi connectivity index (χ1v) is 8.57. The average Bonchev–Trinajstić information content (AvgIpc) is 2.52. The quantitative estimate of drug-likeness (QED) is 0.765. The van der Waals surface area contributed by atoms with Crippen LogP contribution in [-0.2, 0) is 9.47 Å². The molecule has 0 bridgehead atoms. The van der Waals surface area contributed by atoms with Crippen LogP contribution in [0, 0.1) is 0 Å². The molecule has 0 spiro atoms. The highest BCUT2D eigenvalue weighted by Gasteiger charge is 2.23. The Balaban J connectivity index is 1.92. The van der Waals surface area contributed by atoms with E-state index in [1.165, 1.54) is 7.11 Å². The number of esters is 1. The molecular weight excluding hydrogens is 322 g/mol. The molecule has 1 aliphatic rings. The number of methoxy groups -OCH3 is 1. The van der Waals surface area contributed by atoms with Crippen molar-refractivity contribution in [2.45, 2.75) is 39.2 Å². The summed E-state index contributed by atoms with van der Waals surface area (Å²) >= 11 is 0. The summed E-state index contributed by atoms with van der Waals surface area (Å²) in [6.07, 6.45) is 3.14. The number of carbonyl (C=O) groups is 2. The number of hydrogen-bond donors (Lipinski definition) is 0. The van der Waals surface area contributed by atoms with E-state index in [-0.39, 0.29) is 6.09 Å². The zero-order chi connectivity index (χ0) is 18.4. The van der Waals surface area contributed by atoms with E-state index in [0.717, 1.165) is 31.6 Å². The van der Waals surface area contributed by atoms with E-state index in [1.807, 2.05) is 26.8 Å². The van der Waals surface area contributed by atoms with Crippen LogP contribution >= 0.6 is 0 Å². The van der Waals surface area contributed by atoms with Crippen molar-refractivity contribution >= 4 is 17.7 Å². The van der Waals surface area contributed by atoms with Crippen LogP contribution in [0.2, 0.25) is 0 Å². The maximum atomic E-state index is 12.2. The van der Waals surface area contributed by atoms with E-state index in [4.69, 9.17) is 4.74 Å². The van der Waals surface area contributed by atoms with Gasteiger partial charge in [0.2, 0.25) is 0 Å². The minimum Gasteiger partial charge on any atom is -0.464 e. The second kappa shape index (κ2) is 8.18. The Kier molecular flexibility index (Phi) is 6.22. The first kappa shape index (κ1) is 19.0. The van der Waals surface area contributed by atoms with Gasteiger partial charge in [0, 0.05) is 26.2 Å². The topological polar surface area (TPSA) is 72.0 Å². The third kappa shape index (κ3) is 5.62. The van der Waals surface area contributed by atoms with Crippen LogP contribution in [0.1, 0.15) is 44.1 Å². The minimum absolute atomic E-state index is 0.245. The molecule has 138 valence electrons. The molecule has 2 rings (SSSR count). The Morgan fingerprint density at radius 2 is 1.72 bits per heavy atom. The lowest BCUT2D eigenvalue weighted by molar-refractivity contribution is 0.0242. The van der Waals surface area contributed by atoms with Crippen molar-refractivity contribution in [3.05, 3.63) is 24.0 Å². The number of anilines is 1. The summed E-state index contributed by atoms with van der Waals surface area (Å²) in [4.78, 5) is 31.8. The zero-order valence-corrected chi connectivity index (χ0v) is 15.4. The van der Waals surface area contributed by atoms with Gasteiger partial charge >= 0.3 is 12.1 Å². The van der Waals surface area contributed by atoms with Gasteiger partial charge in [0.25, 0.3) is 0 Å². The predicted molar refractivity (Wildman–Crippen MR) is 94.8 cm³/mol. The smallest absolute Gasteiger partial charge is 0.410 e. The molecule has 1 amide bonds. The number of carbonyl (C=O) groups excluding carboxylic acids is 2. The van der Waals surface area contributed by atoms with Gasteiger partial charge in [-0.25, -0.2) is 14.6 Å². The third-order valence-corrected chi connectivity index (χ3v) is 3.87. The molecule has 0 saturated carbocycles. The van der Waals surface area contributed by atoms with Crippen molar-refractivity contribution < 1.29 is 19.1 Å². The molecule has 1 aromatic rings. The van der Waals surface area contributed by atoms with Crippen LogP contribution < -0.4 is 4.90 Å². The summed E-state index contributed by atoms with van der Waals surface area (Å²) < 4.78 is 10.1. The van der Waals surface area contributed by atoms with Gasteiger partial charge in [-0.1, -0.05) is 0 Å². The second-order valence-electron chi connectivity index (χ2n) is 7.05. The van der Waals surface area contributed by atoms with Gasteiger partial charge in [-0.3, -0.25) is 0 Å². The van der Waals surface area contributed by atoms with Gasteiger partial charge in [0.05, 0.1) is 19.0 Å². The van der Waals surface area contributed by atoms with E-state index in [0.29, 0.717) is 18.8 Å². The number of rotatable bonds is 2. The molecule has 0 aromatic carbocycles. The van der Waals surface area contributed by atoms with Gasteiger partial charge in [-0.2, -0.15) is 0 Å². The molecule has 1 fully saturated rings. The van der Waals surface area contributed by atoms with Crippen molar-refractivity contribution in [1.82, 2.24) is 9.88 Å². The highest BCUT2D eigenvalue weighted by Crippen LogP contribution is 2.18. The zero-order valence-electron chi connectivity index (χ0n) is 15.4. The summed E-state index contributed by atoms with van der Waals surface area (Å²) in [5.74, 6) is -0.438. The maximum absolute atomic E-state index is 12.2. The SMILES string of the molecule is COC(=O)c1ccc(N2CCCN(C(=O)OC(C)(C)C)CCC2)cn1. The molecular formula is C18H27N3O4. The molecule has 7 nitrogen and oxygen atoms in total. The number of hydrogen-bond acceptors (Lipinski definition) is 6. The maximum Gasteiger partial charge on any atom is 0.410 e. The van der Waals surface area contributed by atoms with Crippen LogP contribution in [0.25, 0.3) is 0 Å². The number of nitrogens with zero attached hydrogens (tertiary/aromatic N) is 3. The summed E-state index contributed by atoms with van der Waals surface area (Å²) in [6, 6.07) is 3.55. The lowest BCUT2D eigenvalue weighted by Crippen LogP contribution is -2.42. The Morgan fingerprint density at radius 1 is 1.08 bits per heavy atom. The monoisotopic (exact) mass is 349 g/mol. The molecule has 0 atom stereocenters. The van der Waals surface area contributed by atoms with E-state index in [2.05, 4.69) is 14.6 Å². The third-order valence-electron chi connectivity index (χ3n) is 3.87. The van der Waals surface area contributed by atoms with Crippen LogP contribution in [0.5, 0.6) is 0 Å². The number of ether oxygens (including phenoxy) is 2. The lowest BCUT2D eigenvalue weighted by atomic mass is 10.2. The largest absolute Gasteiger partial charge is 0.464 e. The number of aromatic nitrogens is 1. The Morgan fingerprint density at radius 3 is 2.20 bits per heavy atom. The molecule has 0 radical (unpaired) electrons. The van der Waals surface area contributed by atoms with Crippen molar-refractivity contribution in [1.29, 1.82) is 0 Å². The molecule has 25 heavy (non-hydrogen) atoms. The molecule has 0 N–H and O–H groups in total. The fourth-order valence-electron chi connectivity index (χ4n) is 2.69. The molecule has 1 aromatic heterocycles. The standard InChI is InChI=1S/C18H27N3O4/c1-18(2,3)25-17(23)21-11-5-9-20(10-6-12-21)14-7-8-15(19-13-14)16(22)24-4/h7-8,13H,5-6,9-12H2,1-4H3. The summed E-state index contributed by atoms with van der Waals surface area (Å²) in [6.45, 7) is 8.60. The van der Waals surface area contributed by atoms with Crippen molar-refractivity contribution in [2.75, 3.05) is 38.2 Å². The van der Waals surface area contributed by atoms with E-state index in [9.17, 15) is 9.59 Å². The highest BCUT2D eigenvalue weighted by molar-refractivity contribution is 5.87. The van der Waals surface area contributed by atoms with Crippen molar-refractivity contribution in [3.8, 4) is 0 Å². The molecule has 1 aliphatic heterocycles. The summed E-state index contributed by atoms with van der Waals surface area (Å²) in [5.41, 5.74) is 0.797. The molecule has 7 heteroatoms. The number of pyridine rings is 1. The molecule has 0 unspecified atom stereocenters. The first-order valence-electron chi connectivity index (χ1n) is 8.57. The number of amides is 1. The summed E-state index contributed by atoms with van der Waals surface area (Å²) in [7, 11) is 1.34. The molecule has 2 heterocycles. The Labute approximate surface area is 148 Å². The van der Waals surface area contributed by atoms with Gasteiger partial charge < -0.3 is 19.3 Å². The average molecular weight is 349 g/mol. The van der Waals surface area contributed by atoms with Gasteiger partial charge in [0.15, 0.2) is 0 Å². The fraction of sp³-hybridized carbons (Fsp3) is 0.611. The fourth-order valence-corrected chi connectivity index (χ4v) is 2.69. The van der Waals surface area contributed by atoms with Gasteiger partial charge in [-0.05, 0) is 45.7 Å². The second-order valence-corrected chi connectivity index (χ2v) is 7.05. The van der Waals surface area contributed by atoms with Crippen LogP contribution in [0.3, 0.4) is 0 Å². The molecule has 1 saturated heterocycles. The van der Waals surface area contributed by atoms with E-state index >= 15 is 0 Å². The Bertz CT molecular complexity index is 585. The lowest BCUT2D eigenvalue weighted by Gasteiger charge is -2.32. The predicted octanol–water partition coefficient (Wildman–Crippen LogP) is 2.71. The van der Waals surface area contributed by atoms with Crippen LogP contribution in [0.4, 0.5) is 10.5 Å². The highest BCUT2D eigenvalue weighted by atomic mass is 16.6. The Hall–Kier alpha value is -2.31. The van der Waals surface area contributed by atoms with Crippen molar-refractivity contribution in [3.63, 3.8) is 0 Å². The summed E-state index contributed by atoms with van der Waals surface area (Å²) in [5, 5.41) is 0. The molecule has 0 aliphatic carbocycles. The van der Waals surface area contributed by atoms with E-state index in [1.54, 1.807) is 17.2 Å². The normalized spacial score (nSPS) is 16.0. The van der Waals surface area contributed by atoms with E-state index < -0.39 is 11.6 Å². The first-order chi connectivity index (χ1) is 11.8.